The van der Waals surface area contributed by atoms with Gasteiger partial charge in [-0.1, -0.05) is 34.7 Å². The van der Waals surface area contributed by atoms with Crippen molar-refractivity contribution in [3.63, 3.8) is 0 Å². The predicted molar refractivity (Wildman–Crippen MR) is 85.7 cm³/mol. The summed E-state index contributed by atoms with van der Waals surface area (Å²) >= 11 is 1.93. The third kappa shape index (κ3) is 5.78. The number of hydrogen-bond acceptors (Lipinski definition) is 4. The minimum absolute atomic E-state index is 0.0920. The Labute approximate surface area is 136 Å². The van der Waals surface area contributed by atoms with Crippen molar-refractivity contribution in [2.45, 2.75) is 36.3 Å². The number of carboxylic acids is 1. The number of phenols is 1. The number of aromatic hydroxyl groups is 1. The predicted octanol–water partition coefficient (Wildman–Crippen LogP) is 2.85. The van der Waals surface area contributed by atoms with Crippen LogP contribution in [0.1, 0.15) is 30.3 Å². The molecule has 0 radical (unpaired) electrons. The molecule has 6 nitrogen and oxygen atoms in total. The Morgan fingerprint density at radius 1 is 1.24 bits per heavy atom. The summed E-state index contributed by atoms with van der Waals surface area (Å²) in [6.07, 6.45) is -0.782. The molecular formula is C14H18INO5. The first kappa shape index (κ1) is 17.5. The molecule has 0 bridgehead atoms. The average molecular weight is 407 g/mol. The minimum Gasteiger partial charge on any atom is -0.508 e. The van der Waals surface area contributed by atoms with E-state index in [0.717, 1.165) is 0 Å². The number of aliphatic carboxylic acids is 1. The molecule has 7 heteroatoms. The van der Waals surface area contributed by atoms with E-state index in [4.69, 9.17) is 4.74 Å². The molecule has 0 saturated heterocycles. The van der Waals surface area contributed by atoms with Crippen LogP contribution in [0, 0.1) is 0 Å². The highest BCUT2D eigenvalue weighted by Gasteiger charge is 2.30. The van der Waals surface area contributed by atoms with E-state index >= 15 is 0 Å². The Bertz CT molecular complexity index is 509. The van der Waals surface area contributed by atoms with Gasteiger partial charge in [-0.25, -0.2) is 9.59 Å². The molecule has 1 aromatic rings. The first-order valence-corrected chi connectivity index (χ1v) is 7.50. The molecule has 0 aromatic heterocycles. The quantitative estimate of drug-likeness (QED) is 0.527. The highest BCUT2D eigenvalue weighted by atomic mass is 127. The van der Waals surface area contributed by atoms with Crippen molar-refractivity contribution >= 4 is 34.7 Å². The third-order valence-electron chi connectivity index (χ3n) is 2.44. The van der Waals surface area contributed by atoms with Gasteiger partial charge < -0.3 is 20.3 Å². The van der Waals surface area contributed by atoms with E-state index in [2.05, 4.69) is 5.32 Å². The first-order valence-electron chi connectivity index (χ1n) is 6.25. The summed E-state index contributed by atoms with van der Waals surface area (Å²) in [5.74, 6) is -1.07. The lowest BCUT2D eigenvalue weighted by Gasteiger charge is -2.24. The number of alkyl carbamates (subject to hydrolysis) is 1. The second kappa shape index (κ2) is 6.97. The van der Waals surface area contributed by atoms with Crippen molar-refractivity contribution < 1.29 is 24.5 Å². The number of benzene rings is 1. The molecule has 2 atom stereocenters. The fourth-order valence-corrected chi connectivity index (χ4v) is 2.45. The molecule has 0 spiro atoms. The molecule has 0 heterocycles. The zero-order chi connectivity index (χ0) is 16.2. The van der Waals surface area contributed by atoms with Crippen LogP contribution < -0.4 is 5.32 Å². The molecule has 116 valence electrons. The Balaban J connectivity index is 2.84. The van der Waals surface area contributed by atoms with Gasteiger partial charge in [-0.05, 0) is 38.5 Å². The monoisotopic (exact) mass is 407 g/mol. The number of ether oxygens (including phenoxy) is 1. The van der Waals surface area contributed by atoms with E-state index in [1.165, 1.54) is 12.1 Å². The number of halogens is 1. The Morgan fingerprint density at radius 2 is 1.76 bits per heavy atom. The van der Waals surface area contributed by atoms with Crippen LogP contribution in [0.2, 0.25) is 0 Å². The van der Waals surface area contributed by atoms with E-state index in [9.17, 15) is 19.8 Å². The summed E-state index contributed by atoms with van der Waals surface area (Å²) in [5.41, 5.74) is -0.0243. The van der Waals surface area contributed by atoms with E-state index < -0.39 is 27.6 Å². The van der Waals surface area contributed by atoms with E-state index in [1.807, 2.05) is 22.6 Å². The summed E-state index contributed by atoms with van der Waals surface area (Å²) in [4.78, 5) is 23.1. The highest BCUT2D eigenvalue weighted by Crippen LogP contribution is 2.29. The Morgan fingerprint density at radius 3 is 2.19 bits per heavy atom. The van der Waals surface area contributed by atoms with Gasteiger partial charge >= 0.3 is 12.1 Å². The molecule has 1 aromatic carbocycles. The van der Waals surface area contributed by atoms with Crippen LogP contribution in [0.25, 0.3) is 0 Å². The van der Waals surface area contributed by atoms with Gasteiger partial charge in [-0.15, -0.1) is 0 Å². The number of carbonyl (C=O) groups excluding carboxylic acids is 1. The van der Waals surface area contributed by atoms with Gasteiger partial charge in [-0.2, -0.15) is 0 Å². The second-order valence-corrected chi connectivity index (χ2v) is 6.80. The number of carbonyl (C=O) groups is 2. The zero-order valence-electron chi connectivity index (χ0n) is 12.0. The van der Waals surface area contributed by atoms with Crippen molar-refractivity contribution in [3.8, 4) is 5.75 Å². The molecule has 0 saturated carbocycles. The first-order chi connectivity index (χ1) is 9.60. The molecule has 3 N–H and O–H groups in total. The van der Waals surface area contributed by atoms with Crippen LogP contribution in [-0.4, -0.2) is 33.9 Å². The van der Waals surface area contributed by atoms with Crippen LogP contribution >= 0.6 is 22.6 Å². The fraction of sp³-hybridized carbons (Fsp3) is 0.429. The summed E-state index contributed by atoms with van der Waals surface area (Å²) in [7, 11) is 0. The minimum atomic E-state index is -1.16. The molecule has 1 unspecified atom stereocenters. The molecule has 1 amide bonds. The van der Waals surface area contributed by atoms with E-state index in [-0.39, 0.29) is 5.75 Å². The smallest absolute Gasteiger partial charge is 0.408 e. The van der Waals surface area contributed by atoms with Crippen molar-refractivity contribution in [1.29, 1.82) is 0 Å². The van der Waals surface area contributed by atoms with Gasteiger partial charge in [0.1, 0.15) is 17.4 Å². The average Bonchev–Trinajstić information content (AvgIpc) is 2.33. The second-order valence-electron chi connectivity index (χ2n) is 5.46. The molecule has 0 fully saturated rings. The van der Waals surface area contributed by atoms with Crippen molar-refractivity contribution in [3.05, 3.63) is 29.8 Å². The van der Waals surface area contributed by atoms with Gasteiger partial charge in [0.15, 0.2) is 0 Å². The van der Waals surface area contributed by atoms with Gasteiger partial charge in [0, 0.05) is 0 Å². The van der Waals surface area contributed by atoms with Crippen LogP contribution in [0.4, 0.5) is 4.79 Å². The number of amides is 1. The summed E-state index contributed by atoms with van der Waals surface area (Å²) < 4.78 is 4.56. The lowest BCUT2D eigenvalue weighted by Crippen LogP contribution is -2.45. The number of hydrogen-bond donors (Lipinski definition) is 3. The highest BCUT2D eigenvalue weighted by molar-refractivity contribution is 14.1. The number of rotatable bonds is 4. The number of nitrogens with one attached hydrogen (secondary N) is 1. The van der Waals surface area contributed by atoms with Crippen LogP contribution in [0.15, 0.2) is 24.3 Å². The lowest BCUT2D eigenvalue weighted by molar-refractivity contribution is -0.139. The van der Waals surface area contributed by atoms with Crippen molar-refractivity contribution in [2.24, 2.45) is 0 Å². The fourth-order valence-electron chi connectivity index (χ4n) is 1.55. The SMILES string of the molecule is CC(C)(C)OC(=O)N[C@@H](C(=O)O)C(I)c1ccc(O)cc1. The largest absolute Gasteiger partial charge is 0.508 e. The Hall–Kier alpha value is -1.51. The third-order valence-corrected chi connectivity index (χ3v) is 3.88. The maximum Gasteiger partial charge on any atom is 0.408 e. The summed E-state index contributed by atoms with van der Waals surface area (Å²) in [5, 5.41) is 20.9. The zero-order valence-corrected chi connectivity index (χ0v) is 14.1. The van der Waals surface area contributed by atoms with Gasteiger partial charge in [-0.3, -0.25) is 0 Å². The molecule has 0 aliphatic heterocycles. The standard InChI is InChI=1S/C14H18INO5/c1-14(2,3)21-13(20)16-11(12(18)19)10(15)8-4-6-9(17)7-5-8/h4-7,10-11,17H,1-3H3,(H,16,20)(H,18,19)/t10?,11-/m1/s1. The van der Waals surface area contributed by atoms with Gasteiger partial charge in [0.05, 0.1) is 3.92 Å². The molecular weight excluding hydrogens is 389 g/mol. The maximum absolute atomic E-state index is 11.7. The molecule has 21 heavy (non-hydrogen) atoms. The van der Waals surface area contributed by atoms with Crippen molar-refractivity contribution in [1.82, 2.24) is 5.32 Å². The van der Waals surface area contributed by atoms with Crippen molar-refractivity contribution in [2.75, 3.05) is 0 Å². The lowest BCUT2D eigenvalue weighted by atomic mass is 10.1. The van der Waals surface area contributed by atoms with Crippen LogP contribution in [-0.2, 0) is 9.53 Å². The summed E-state index contributed by atoms with van der Waals surface area (Å²) in [6.45, 7) is 5.09. The molecule has 0 aliphatic carbocycles. The van der Waals surface area contributed by atoms with Crippen LogP contribution in [0.5, 0.6) is 5.75 Å². The number of phenolic OH excluding ortho intramolecular Hbond substituents is 1. The maximum atomic E-state index is 11.7. The number of alkyl halides is 1. The number of carboxylic acid groups (broad SMARTS) is 1. The summed E-state index contributed by atoms with van der Waals surface area (Å²) in [6, 6.07) is 5.02. The Kier molecular flexibility index (Phi) is 5.82. The van der Waals surface area contributed by atoms with Gasteiger partial charge in [0.25, 0.3) is 0 Å². The normalized spacial score (nSPS) is 14.1. The molecule has 1 rings (SSSR count). The topological polar surface area (TPSA) is 95.9 Å². The van der Waals surface area contributed by atoms with Gasteiger partial charge in [0.2, 0.25) is 0 Å². The van der Waals surface area contributed by atoms with Crippen LogP contribution in [0.3, 0.4) is 0 Å². The molecule has 0 aliphatic rings. The van der Waals surface area contributed by atoms with E-state index in [0.29, 0.717) is 5.56 Å². The van der Waals surface area contributed by atoms with E-state index in [1.54, 1.807) is 32.9 Å².